The first-order valence-electron chi connectivity index (χ1n) is 9.02. The topological polar surface area (TPSA) is 65.1 Å². The second-order valence-corrected chi connectivity index (χ2v) is 9.91. The van der Waals surface area contributed by atoms with Crippen molar-refractivity contribution in [2.75, 3.05) is 33.2 Å². The number of morpholine rings is 1. The predicted octanol–water partition coefficient (Wildman–Crippen LogP) is 4.03. The van der Waals surface area contributed by atoms with Gasteiger partial charge in [-0.25, -0.2) is 0 Å². The van der Waals surface area contributed by atoms with Crippen molar-refractivity contribution >= 4 is 37.6 Å². The van der Waals surface area contributed by atoms with Crippen molar-refractivity contribution in [1.82, 2.24) is 4.90 Å². The molecule has 6 nitrogen and oxygen atoms in total. The smallest absolute Gasteiger partial charge is 0.264 e. The maximum absolute atomic E-state index is 11.5. The van der Waals surface area contributed by atoms with Crippen LogP contribution < -0.4 is 4.74 Å². The fourth-order valence-electron chi connectivity index (χ4n) is 3.34. The number of hydrogen-bond acceptors (Lipinski definition) is 6. The Morgan fingerprint density at radius 1 is 1.21 bits per heavy atom. The molecule has 0 aromatic heterocycles. The lowest BCUT2D eigenvalue weighted by Crippen LogP contribution is -2.49. The molecule has 158 valence electrons. The minimum atomic E-state index is -3.55. The highest BCUT2D eigenvalue weighted by molar-refractivity contribution is 9.10. The zero-order valence-electron chi connectivity index (χ0n) is 16.2. The molecule has 1 aliphatic rings. The number of rotatable bonds is 7. The first-order valence-corrected chi connectivity index (χ1v) is 12.0. The van der Waals surface area contributed by atoms with Crippen LogP contribution in [0.5, 0.6) is 5.75 Å². The summed E-state index contributed by atoms with van der Waals surface area (Å²) in [6, 6.07) is 13.2. The van der Waals surface area contributed by atoms with Crippen molar-refractivity contribution in [1.29, 1.82) is 0 Å². The van der Waals surface area contributed by atoms with E-state index in [0.29, 0.717) is 24.8 Å². The van der Waals surface area contributed by atoms with Crippen LogP contribution in [0.15, 0.2) is 46.9 Å². The Kier molecular flexibility index (Phi) is 7.58. The average molecular weight is 505 g/mol. The van der Waals surface area contributed by atoms with Gasteiger partial charge in [0.25, 0.3) is 10.1 Å². The van der Waals surface area contributed by atoms with Crippen LogP contribution in [-0.4, -0.2) is 52.5 Å². The van der Waals surface area contributed by atoms with Crippen LogP contribution in [0, 0.1) is 0 Å². The quantitative estimate of drug-likeness (QED) is 0.531. The summed E-state index contributed by atoms with van der Waals surface area (Å²) in [6.07, 6.45) is 1.05. The van der Waals surface area contributed by atoms with Gasteiger partial charge in [0.05, 0.1) is 45.3 Å². The molecule has 0 unspecified atom stereocenters. The monoisotopic (exact) mass is 503 g/mol. The molecule has 0 bridgehead atoms. The summed E-state index contributed by atoms with van der Waals surface area (Å²) in [5, 5.41) is 0.619. The van der Waals surface area contributed by atoms with Crippen LogP contribution >= 0.6 is 27.5 Å². The first-order chi connectivity index (χ1) is 13.7. The molecule has 0 N–H and O–H groups in total. The van der Waals surface area contributed by atoms with Crippen molar-refractivity contribution < 1.29 is 22.1 Å². The standard InChI is InChI=1S/C20H23BrClNO5S/c1-26-19-5-3-14(4-6-19)10-23-18(12-28-29(2,24)25)11-27-13-20(23)15-7-16(21)9-17(22)8-15/h3-9,18,20H,10-13H2,1-2H3/t18-,20-/m0/s1. The average Bonchev–Trinajstić information content (AvgIpc) is 2.66. The fourth-order valence-corrected chi connectivity index (χ4v) is 4.63. The minimum Gasteiger partial charge on any atom is -0.497 e. The van der Waals surface area contributed by atoms with E-state index in [1.54, 1.807) is 7.11 Å². The van der Waals surface area contributed by atoms with Gasteiger partial charge >= 0.3 is 0 Å². The number of methoxy groups -OCH3 is 1. The third-order valence-corrected chi connectivity index (χ3v) is 5.96. The van der Waals surface area contributed by atoms with Crippen molar-refractivity contribution in [2.45, 2.75) is 18.6 Å². The molecule has 0 amide bonds. The Hall–Kier alpha value is -1.16. The van der Waals surface area contributed by atoms with Crippen LogP contribution in [0.25, 0.3) is 0 Å². The molecule has 1 fully saturated rings. The zero-order valence-corrected chi connectivity index (χ0v) is 19.3. The summed E-state index contributed by atoms with van der Waals surface area (Å²) in [7, 11) is -1.92. The van der Waals surface area contributed by atoms with E-state index in [0.717, 1.165) is 27.6 Å². The van der Waals surface area contributed by atoms with E-state index in [-0.39, 0.29) is 18.7 Å². The van der Waals surface area contributed by atoms with Gasteiger partial charge in [0.2, 0.25) is 0 Å². The molecule has 3 rings (SSSR count). The van der Waals surface area contributed by atoms with Gasteiger partial charge in [0.1, 0.15) is 5.75 Å². The Balaban J connectivity index is 1.90. The lowest BCUT2D eigenvalue weighted by atomic mass is 10.0. The van der Waals surface area contributed by atoms with Crippen molar-refractivity contribution in [3.8, 4) is 5.75 Å². The van der Waals surface area contributed by atoms with Gasteiger partial charge in [-0.05, 0) is 41.5 Å². The van der Waals surface area contributed by atoms with E-state index in [2.05, 4.69) is 20.8 Å². The van der Waals surface area contributed by atoms with Gasteiger partial charge < -0.3 is 9.47 Å². The van der Waals surface area contributed by atoms with Crippen LogP contribution in [0.1, 0.15) is 17.2 Å². The summed E-state index contributed by atoms with van der Waals surface area (Å²) in [5.41, 5.74) is 2.06. The van der Waals surface area contributed by atoms with E-state index < -0.39 is 10.1 Å². The number of benzene rings is 2. The van der Waals surface area contributed by atoms with Crippen LogP contribution in [0.3, 0.4) is 0 Å². The predicted molar refractivity (Wildman–Crippen MR) is 116 cm³/mol. The van der Waals surface area contributed by atoms with Gasteiger partial charge in [0, 0.05) is 16.0 Å². The summed E-state index contributed by atoms with van der Waals surface area (Å²) in [4.78, 5) is 2.20. The van der Waals surface area contributed by atoms with Gasteiger partial charge in [-0.2, -0.15) is 8.42 Å². The second kappa shape index (κ2) is 9.76. The Bertz CT molecular complexity index is 918. The highest BCUT2D eigenvalue weighted by Crippen LogP contribution is 2.33. The minimum absolute atomic E-state index is 0.0211. The number of hydrogen-bond donors (Lipinski definition) is 0. The Labute approximate surface area is 185 Å². The van der Waals surface area contributed by atoms with E-state index in [1.807, 2.05) is 42.5 Å². The first kappa shape index (κ1) is 22.5. The fraction of sp³-hybridized carbons (Fsp3) is 0.400. The summed E-state index contributed by atoms with van der Waals surface area (Å²) >= 11 is 9.75. The Morgan fingerprint density at radius 3 is 2.55 bits per heavy atom. The lowest BCUT2D eigenvalue weighted by molar-refractivity contribution is -0.0672. The van der Waals surface area contributed by atoms with Crippen molar-refractivity contribution in [3.63, 3.8) is 0 Å². The van der Waals surface area contributed by atoms with Gasteiger partial charge in [0.15, 0.2) is 0 Å². The molecule has 0 radical (unpaired) electrons. The molecular weight excluding hydrogens is 482 g/mol. The molecule has 1 heterocycles. The molecule has 9 heteroatoms. The number of ether oxygens (including phenoxy) is 2. The van der Waals surface area contributed by atoms with Crippen molar-refractivity contribution in [3.05, 3.63) is 63.1 Å². The van der Waals surface area contributed by atoms with Crippen molar-refractivity contribution in [2.24, 2.45) is 0 Å². The van der Waals surface area contributed by atoms with E-state index in [1.165, 1.54) is 0 Å². The molecule has 1 saturated heterocycles. The second-order valence-electron chi connectivity index (χ2n) is 6.92. The zero-order chi connectivity index (χ0) is 21.0. The van der Waals surface area contributed by atoms with Gasteiger partial charge in [-0.3, -0.25) is 9.08 Å². The van der Waals surface area contributed by atoms with E-state index in [9.17, 15) is 8.42 Å². The molecule has 1 aliphatic heterocycles. The molecule has 2 aromatic rings. The molecule has 0 aliphatic carbocycles. The lowest BCUT2D eigenvalue weighted by Gasteiger charge is -2.42. The molecule has 29 heavy (non-hydrogen) atoms. The summed E-state index contributed by atoms with van der Waals surface area (Å²) in [6.45, 7) is 1.47. The molecule has 2 aromatic carbocycles. The largest absolute Gasteiger partial charge is 0.497 e. The highest BCUT2D eigenvalue weighted by Gasteiger charge is 2.33. The van der Waals surface area contributed by atoms with Crippen LogP contribution in [0.2, 0.25) is 5.02 Å². The summed E-state index contributed by atoms with van der Waals surface area (Å²) < 4.78 is 40.1. The van der Waals surface area contributed by atoms with E-state index in [4.69, 9.17) is 25.3 Å². The Morgan fingerprint density at radius 2 is 1.93 bits per heavy atom. The third kappa shape index (κ3) is 6.41. The third-order valence-electron chi connectivity index (χ3n) is 4.72. The molecular formula is C20H23BrClNO5S. The maximum atomic E-state index is 11.5. The van der Waals surface area contributed by atoms with Crippen LogP contribution in [-0.2, 0) is 25.6 Å². The highest BCUT2D eigenvalue weighted by atomic mass is 79.9. The normalized spacial score (nSPS) is 20.6. The van der Waals surface area contributed by atoms with Gasteiger partial charge in [-0.15, -0.1) is 0 Å². The number of halogens is 2. The van der Waals surface area contributed by atoms with E-state index >= 15 is 0 Å². The van der Waals surface area contributed by atoms with Crippen LogP contribution in [0.4, 0.5) is 0 Å². The number of nitrogens with zero attached hydrogens (tertiary/aromatic N) is 1. The summed E-state index contributed by atoms with van der Waals surface area (Å²) in [5.74, 6) is 0.781. The SMILES string of the molecule is COc1ccc(CN2[C@H](COS(C)(=O)=O)COC[C@H]2c2cc(Cl)cc(Br)c2)cc1. The molecule has 0 saturated carbocycles. The van der Waals surface area contributed by atoms with Gasteiger partial charge in [-0.1, -0.05) is 39.7 Å². The molecule has 2 atom stereocenters. The maximum Gasteiger partial charge on any atom is 0.264 e. The molecule has 0 spiro atoms.